The van der Waals surface area contributed by atoms with E-state index >= 15 is 0 Å². The second-order valence-corrected chi connectivity index (χ2v) is 5.24. The standard InChI is InChI=1S/C14H16N2O3/c1-9-14(2,5-6-19-9)16-8-15-11-4-3-10(13(17)18)7-12(11)16/h3-4,7-9H,5-6H2,1-2H3,(H,17,18). The topological polar surface area (TPSA) is 64.4 Å². The van der Waals surface area contributed by atoms with Gasteiger partial charge in [-0.3, -0.25) is 0 Å². The van der Waals surface area contributed by atoms with Gasteiger partial charge in [0, 0.05) is 6.61 Å². The molecular formula is C14H16N2O3. The Balaban J connectivity index is 2.19. The van der Waals surface area contributed by atoms with E-state index in [1.54, 1.807) is 24.5 Å². The monoisotopic (exact) mass is 260 g/mol. The smallest absolute Gasteiger partial charge is 0.335 e. The number of carboxylic acids is 1. The van der Waals surface area contributed by atoms with Crippen molar-refractivity contribution in [2.45, 2.75) is 31.9 Å². The van der Waals surface area contributed by atoms with Crippen LogP contribution in [0.25, 0.3) is 11.0 Å². The van der Waals surface area contributed by atoms with Crippen molar-refractivity contribution in [3.05, 3.63) is 30.1 Å². The van der Waals surface area contributed by atoms with Gasteiger partial charge in [-0.25, -0.2) is 9.78 Å². The second kappa shape index (κ2) is 4.06. The highest BCUT2D eigenvalue weighted by atomic mass is 16.5. The molecule has 0 amide bonds. The number of aromatic carboxylic acids is 1. The summed E-state index contributed by atoms with van der Waals surface area (Å²) in [7, 11) is 0. The molecule has 0 bridgehead atoms. The molecule has 1 aliphatic rings. The van der Waals surface area contributed by atoms with Crippen molar-refractivity contribution in [1.29, 1.82) is 0 Å². The van der Waals surface area contributed by atoms with Crippen LogP contribution < -0.4 is 0 Å². The number of carboxylic acid groups (broad SMARTS) is 1. The van der Waals surface area contributed by atoms with Gasteiger partial charge in [0.05, 0.1) is 34.6 Å². The third kappa shape index (κ3) is 1.73. The maximum atomic E-state index is 11.1. The van der Waals surface area contributed by atoms with Crippen LogP contribution in [-0.4, -0.2) is 33.3 Å². The molecule has 1 aromatic heterocycles. The Morgan fingerprint density at radius 1 is 1.58 bits per heavy atom. The molecule has 0 radical (unpaired) electrons. The van der Waals surface area contributed by atoms with E-state index in [1.807, 2.05) is 11.5 Å². The number of carbonyl (C=O) groups is 1. The predicted molar refractivity (Wildman–Crippen MR) is 70.4 cm³/mol. The Morgan fingerprint density at radius 2 is 2.37 bits per heavy atom. The van der Waals surface area contributed by atoms with E-state index in [9.17, 15) is 4.79 Å². The lowest BCUT2D eigenvalue weighted by atomic mass is 9.94. The first-order valence-corrected chi connectivity index (χ1v) is 6.35. The molecule has 0 saturated carbocycles. The zero-order valence-corrected chi connectivity index (χ0v) is 11.0. The van der Waals surface area contributed by atoms with Crippen LogP contribution in [0.15, 0.2) is 24.5 Å². The molecule has 1 aliphatic heterocycles. The van der Waals surface area contributed by atoms with Gasteiger partial charge in [0.15, 0.2) is 0 Å². The molecule has 2 heterocycles. The fraction of sp³-hybridized carbons (Fsp3) is 0.429. The van der Waals surface area contributed by atoms with E-state index in [0.29, 0.717) is 0 Å². The van der Waals surface area contributed by atoms with Crippen LogP contribution in [0.3, 0.4) is 0 Å². The fourth-order valence-corrected chi connectivity index (χ4v) is 2.69. The van der Waals surface area contributed by atoms with Gasteiger partial charge in [-0.2, -0.15) is 0 Å². The summed E-state index contributed by atoms with van der Waals surface area (Å²) in [5, 5.41) is 9.10. The lowest BCUT2D eigenvalue weighted by molar-refractivity contribution is 0.0697. The normalized spacial score (nSPS) is 26.9. The Morgan fingerprint density at radius 3 is 3.00 bits per heavy atom. The van der Waals surface area contributed by atoms with E-state index in [4.69, 9.17) is 9.84 Å². The lowest BCUT2D eigenvalue weighted by Crippen LogP contribution is -2.36. The highest BCUT2D eigenvalue weighted by Crippen LogP contribution is 2.35. The van der Waals surface area contributed by atoms with Gasteiger partial charge in [0.2, 0.25) is 0 Å². The molecule has 5 heteroatoms. The highest BCUT2D eigenvalue weighted by molar-refractivity contribution is 5.92. The number of aromatic nitrogens is 2. The van der Waals surface area contributed by atoms with E-state index < -0.39 is 5.97 Å². The molecule has 5 nitrogen and oxygen atoms in total. The molecule has 1 N–H and O–H groups in total. The van der Waals surface area contributed by atoms with Crippen LogP contribution >= 0.6 is 0 Å². The predicted octanol–water partition coefficient (Wildman–Crippen LogP) is 2.26. The number of rotatable bonds is 2. The molecule has 2 aromatic rings. The molecule has 1 aromatic carbocycles. The Hall–Kier alpha value is -1.88. The Labute approximate surface area is 110 Å². The van der Waals surface area contributed by atoms with Crippen molar-refractivity contribution < 1.29 is 14.6 Å². The number of imidazole rings is 1. The fourth-order valence-electron chi connectivity index (χ4n) is 2.69. The quantitative estimate of drug-likeness (QED) is 0.899. The summed E-state index contributed by atoms with van der Waals surface area (Å²) in [6, 6.07) is 5.01. The van der Waals surface area contributed by atoms with Gasteiger partial charge in [-0.05, 0) is 38.5 Å². The number of nitrogens with zero attached hydrogens (tertiary/aromatic N) is 2. The van der Waals surface area contributed by atoms with Crippen molar-refractivity contribution in [3.8, 4) is 0 Å². The second-order valence-electron chi connectivity index (χ2n) is 5.24. The lowest BCUT2D eigenvalue weighted by Gasteiger charge is -2.30. The zero-order chi connectivity index (χ0) is 13.6. The third-order valence-electron chi connectivity index (χ3n) is 4.20. The number of benzene rings is 1. The highest BCUT2D eigenvalue weighted by Gasteiger charge is 2.39. The summed E-state index contributed by atoms with van der Waals surface area (Å²) in [5.74, 6) is -0.921. The van der Waals surface area contributed by atoms with Crippen LogP contribution in [0.1, 0.15) is 30.6 Å². The number of hydrogen-bond donors (Lipinski definition) is 1. The van der Waals surface area contributed by atoms with Crippen LogP contribution in [0, 0.1) is 0 Å². The van der Waals surface area contributed by atoms with Gasteiger partial charge in [-0.15, -0.1) is 0 Å². The number of ether oxygens (including phenoxy) is 1. The van der Waals surface area contributed by atoms with Crippen LogP contribution in [-0.2, 0) is 10.3 Å². The van der Waals surface area contributed by atoms with E-state index in [1.165, 1.54) is 0 Å². The van der Waals surface area contributed by atoms with Crippen molar-refractivity contribution in [2.75, 3.05) is 6.61 Å². The Bertz CT molecular complexity index is 649. The summed E-state index contributed by atoms with van der Waals surface area (Å²) in [4.78, 5) is 15.4. The summed E-state index contributed by atoms with van der Waals surface area (Å²) in [5.41, 5.74) is 1.76. The SMILES string of the molecule is CC1OCCC1(C)n1cnc2ccc(C(=O)O)cc21. The van der Waals surface area contributed by atoms with Crippen LogP contribution in [0.2, 0.25) is 0 Å². The average molecular weight is 260 g/mol. The van der Waals surface area contributed by atoms with E-state index in [0.717, 1.165) is 24.1 Å². The average Bonchev–Trinajstić information content (AvgIpc) is 2.94. The van der Waals surface area contributed by atoms with Gasteiger partial charge in [0.25, 0.3) is 0 Å². The molecule has 1 fully saturated rings. The van der Waals surface area contributed by atoms with Gasteiger partial charge < -0.3 is 14.4 Å². The molecule has 1 saturated heterocycles. The molecule has 0 spiro atoms. The minimum atomic E-state index is -0.921. The molecule has 19 heavy (non-hydrogen) atoms. The maximum Gasteiger partial charge on any atom is 0.335 e. The van der Waals surface area contributed by atoms with Crippen molar-refractivity contribution in [1.82, 2.24) is 9.55 Å². The molecule has 2 atom stereocenters. The largest absolute Gasteiger partial charge is 0.478 e. The summed E-state index contributed by atoms with van der Waals surface area (Å²) in [6.07, 6.45) is 2.76. The first kappa shape index (κ1) is 12.2. The van der Waals surface area contributed by atoms with Crippen LogP contribution in [0.5, 0.6) is 0 Å². The summed E-state index contributed by atoms with van der Waals surface area (Å²) < 4.78 is 7.70. The van der Waals surface area contributed by atoms with Gasteiger partial charge >= 0.3 is 5.97 Å². The summed E-state index contributed by atoms with van der Waals surface area (Å²) >= 11 is 0. The maximum absolute atomic E-state index is 11.1. The third-order valence-corrected chi connectivity index (χ3v) is 4.20. The number of hydrogen-bond acceptors (Lipinski definition) is 3. The van der Waals surface area contributed by atoms with Crippen molar-refractivity contribution >= 4 is 17.0 Å². The summed E-state index contributed by atoms with van der Waals surface area (Å²) in [6.45, 7) is 4.88. The Kier molecular flexibility index (Phi) is 2.60. The van der Waals surface area contributed by atoms with Crippen molar-refractivity contribution in [2.24, 2.45) is 0 Å². The molecule has 2 unspecified atom stereocenters. The minimum Gasteiger partial charge on any atom is -0.478 e. The minimum absolute atomic E-state index is 0.0818. The van der Waals surface area contributed by atoms with E-state index in [-0.39, 0.29) is 17.2 Å². The first-order chi connectivity index (χ1) is 9.02. The first-order valence-electron chi connectivity index (χ1n) is 6.35. The molecule has 100 valence electrons. The van der Waals surface area contributed by atoms with Crippen LogP contribution in [0.4, 0.5) is 0 Å². The van der Waals surface area contributed by atoms with Gasteiger partial charge in [-0.1, -0.05) is 0 Å². The molecule has 0 aliphatic carbocycles. The van der Waals surface area contributed by atoms with Crippen molar-refractivity contribution in [3.63, 3.8) is 0 Å². The zero-order valence-electron chi connectivity index (χ0n) is 11.0. The number of fused-ring (bicyclic) bond motifs is 1. The molecule has 3 rings (SSSR count). The molecular weight excluding hydrogens is 244 g/mol. The van der Waals surface area contributed by atoms with Gasteiger partial charge in [0.1, 0.15) is 0 Å². The van der Waals surface area contributed by atoms with E-state index in [2.05, 4.69) is 11.9 Å².